The van der Waals surface area contributed by atoms with Gasteiger partial charge in [-0.25, -0.2) is 0 Å². The highest BCUT2D eigenvalue weighted by Crippen LogP contribution is 2.67. The Hall–Kier alpha value is -0.850. The predicted octanol–water partition coefficient (Wildman–Crippen LogP) is 5.85. The highest BCUT2D eigenvalue weighted by molar-refractivity contribution is 5.91. The average Bonchev–Trinajstić information content (AvgIpc) is 2.94. The molecular formula is C22H32O. The van der Waals surface area contributed by atoms with Crippen LogP contribution in [0.5, 0.6) is 0 Å². The Morgan fingerprint density at radius 2 is 1.96 bits per heavy atom. The van der Waals surface area contributed by atoms with E-state index < -0.39 is 0 Å². The molecule has 0 bridgehead atoms. The van der Waals surface area contributed by atoms with Gasteiger partial charge in [0.2, 0.25) is 0 Å². The van der Waals surface area contributed by atoms with E-state index in [1.807, 2.05) is 6.08 Å². The summed E-state index contributed by atoms with van der Waals surface area (Å²) in [6, 6.07) is 0. The minimum Gasteiger partial charge on any atom is -0.295 e. The number of ketones is 1. The highest BCUT2D eigenvalue weighted by Gasteiger charge is 2.58. The molecule has 0 amide bonds. The third-order valence-corrected chi connectivity index (χ3v) is 8.51. The molecule has 4 aliphatic carbocycles. The Morgan fingerprint density at radius 1 is 1.13 bits per heavy atom. The molecule has 0 aromatic heterocycles. The lowest BCUT2D eigenvalue weighted by molar-refractivity contribution is -0.117. The minimum atomic E-state index is 0.329. The summed E-state index contributed by atoms with van der Waals surface area (Å²) in [4.78, 5) is 11.9. The second kappa shape index (κ2) is 5.33. The summed E-state index contributed by atoms with van der Waals surface area (Å²) >= 11 is 0. The van der Waals surface area contributed by atoms with Crippen LogP contribution in [0.25, 0.3) is 0 Å². The summed E-state index contributed by atoms with van der Waals surface area (Å²) in [5, 5.41) is 0. The van der Waals surface area contributed by atoms with Crippen LogP contribution in [-0.2, 0) is 4.79 Å². The van der Waals surface area contributed by atoms with Crippen molar-refractivity contribution in [2.24, 2.45) is 28.6 Å². The Labute approximate surface area is 141 Å². The summed E-state index contributed by atoms with van der Waals surface area (Å²) in [5.74, 6) is 3.02. The van der Waals surface area contributed by atoms with Crippen LogP contribution in [0.2, 0.25) is 0 Å². The molecule has 0 heterocycles. The number of carbonyl (C=O) groups excluding carboxylic acids is 1. The van der Waals surface area contributed by atoms with Gasteiger partial charge in [-0.3, -0.25) is 4.79 Å². The van der Waals surface area contributed by atoms with Crippen molar-refractivity contribution in [2.45, 2.75) is 78.6 Å². The number of hydrogen-bond donors (Lipinski definition) is 0. The number of carbonyl (C=O) groups is 1. The first-order valence-corrected chi connectivity index (χ1v) is 9.94. The molecule has 1 heteroatoms. The van der Waals surface area contributed by atoms with Crippen molar-refractivity contribution in [3.8, 4) is 0 Å². The zero-order chi connectivity index (χ0) is 16.2. The molecule has 0 saturated heterocycles. The fourth-order valence-corrected chi connectivity index (χ4v) is 7.32. The van der Waals surface area contributed by atoms with E-state index in [0.717, 1.165) is 30.6 Å². The Balaban J connectivity index is 1.70. The van der Waals surface area contributed by atoms with Crippen molar-refractivity contribution in [2.75, 3.05) is 0 Å². The van der Waals surface area contributed by atoms with Gasteiger partial charge in [-0.1, -0.05) is 31.1 Å². The van der Waals surface area contributed by atoms with Crippen molar-refractivity contribution in [3.05, 3.63) is 23.3 Å². The van der Waals surface area contributed by atoms with Crippen LogP contribution in [0.1, 0.15) is 78.6 Å². The van der Waals surface area contributed by atoms with E-state index in [1.165, 1.54) is 50.5 Å². The molecule has 0 N–H and O–H groups in total. The standard InChI is InChI=1S/C22H32O/c1-4-15-7-9-20-18-8-6-16-14-17(23)10-12-21(16,3)19(18)11-13-22(15,20)5-2/h4,14,18-20H,5-13H2,1-3H3/t18-,19-,20+,21-,22-/m1/s1. The predicted molar refractivity (Wildman–Crippen MR) is 95.1 cm³/mol. The molecule has 0 aromatic carbocycles. The molecule has 0 spiro atoms. The summed E-state index contributed by atoms with van der Waals surface area (Å²) < 4.78 is 0. The van der Waals surface area contributed by atoms with E-state index in [0.29, 0.717) is 16.6 Å². The molecule has 3 fully saturated rings. The first-order chi connectivity index (χ1) is 11.0. The van der Waals surface area contributed by atoms with E-state index in [-0.39, 0.29) is 0 Å². The molecule has 5 atom stereocenters. The van der Waals surface area contributed by atoms with Crippen molar-refractivity contribution in [3.63, 3.8) is 0 Å². The van der Waals surface area contributed by atoms with E-state index in [4.69, 9.17) is 0 Å². The molecule has 4 rings (SSSR count). The molecule has 1 nitrogen and oxygen atoms in total. The van der Waals surface area contributed by atoms with Crippen LogP contribution in [0, 0.1) is 28.6 Å². The van der Waals surface area contributed by atoms with Crippen LogP contribution >= 0.6 is 0 Å². The van der Waals surface area contributed by atoms with Crippen molar-refractivity contribution >= 4 is 5.78 Å². The minimum absolute atomic E-state index is 0.329. The number of rotatable bonds is 1. The van der Waals surface area contributed by atoms with E-state index >= 15 is 0 Å². The van der Waals surface area contributed by atoms with Gasteiger partial charge in [-0.2, -0.15) is 0 Å². The van der Waals surface area contributed by atoms with Gasteiger partial charge in [0.15, 0.2) is 5.78 Å². The van der Waals surface area contributed by atoms with E-state index in [9.17, 15) is 4.79 Å². The van der Waals surface area contributed by atoms with Gasteiger partial charge in [-0.05, 0) is 93.0 Å². The number of fused-ring (bicyclic) bond motifs is 5. The van der Waals surface area contributed by atoms with Crippen LogP contribution in [0.3, 0.4) is 0 Å². The molecule has 0 unspecified atom stereocenters. The zero-order valence-corrected chi connectivity index (χ0v) is 15.2. The maximum Gasteiger partial charge on any atom is 0.155 e. The van der Waals surface area contributed by atoms with E-state index in [2.05, 4.69) is 26.8 Å². The molecule has 0 aromatic rings. The first-order valence-electron chi connectivity index (χ1n) is 9.94. The summed E-state index contributed by atoms with van der Waals surface area (Å²) in [6.07, 6.45) is 15.8. The Morgan fingerprint density at radius 3 is 2.70 bits per heavy atom. The van der Waals surface area contributed by atoms with Gasteiger partial charge in [0.25, 0.3) is 0 Å². The maximum absolute atomic E-state index is 11.9. The Bertz CT molecular complexity index is 583. The van der Waals surface area contributed by atoms with Crippen molar-refractivity contribution in [1.82, 2.24) is 0 Å². The summed E-state index contributed by atoms with van der Waals surface area (Å²) in [5.41, 5.74) is 4.13. The van der Waals surface area contributed by atoms with Gasteiger partial charge < -0.3 is 0 Å². The van der Waals surface area contributed by atoms with Crippen molar-refractivity contribution < 1.29 is 4.79 Å². The van der Waals surface area contributed by atoms with Crippen LogP contribution in [0.4, 0.5) is 0 Å². The SMILES string of the molecule is CC=C1CC[C@H]2[C@@H]3CCC4=CC(=O)CC[C@@]4(C)[C@@H]3CC[C@]12CC. The van der Waals surface area contributed by atoms with Crippen LogP contribution in [0.15, 0.2) is 23.3 Å². The Kier molecular flexibility index (Phi) is 3.63. The molecule has 3 saturated carbocycles. The van der Waals surface area contributed by atoms with Gasteiger partial charge in [0.1, 0.15) is 0 Å². The summed E-state index contributed by atoms with van der Waals surface area (Å²) in [6.45, 7) is 7.18. The fraction of sp³-hybridized carbons (Fsp3) is 0.773. The maximum atomic E-state index is 11.9. The lowest BCUT2D eigenvalue weighted by atomic mass is 9.46. The average molecular weight is 312 g/mol. The van der Waals surface area contributed by atoms with Gasteiger partial charge in [0.05, 0.1) is 0 Å². The second-order valence-corrected chi connectivity index (χ2v) is 8.87. The normalized spacial score (nSPS) is 47.8. The number of hydrogen-bond acceptors (Lipinski definition) is 1. The number of allylic oxidation sites excluding steroid dienone is 3. The van der Waals surface area contributed by atoms with Crippen molar-refractivity contribution in [1.29, 1.82) is 0 Å². The molecule has 0 aliphatic heterocycles. The summed E-state index contributed by atoms with van der Waals surface area (Å²) in [7, 11) is 0. The smallest absolute Gasteiger partial charge is 0.155 e. The van der Waals surface area contributed by atoms with Gasteiger partial charge >= 0.3 is 0 Å². The van der Waals surface area contributed by atoms with Gasteiger partial charge in [0, 0.05) is 6.42 Å². The van der Waals surface area contributed by atoms with Crippen LogP contribution in [-0.4, -0.2) is 5.78 Å². The molecule has 23 heavy (non-hydrogen) atoms. The first kappa shape index (κ1) is 15.7. The largest absolute Gasteiger partial charge is 0.295 e. The second-order valence-electron chi connectivity index (χ2n) is 8.87. The molecule has 0 radical (unpaired) electrons. The third kappa shape index (κ3) is 2.01. The highest BCUT2D eigenvalue weighted by atomic mass is 16.1. The van der Waals surface area contributed by atoms with Gasteiger partial charge in [-0.15, -0.1) is 0 Å². The van der Waals surface area contributed by atoms with Crippen LogP contribution < -0.4 is 0 Å². The molecule has 126 valence electrons. The zero-order valence-electron chi connectivity index (χ0n) is 15.2. The van der Waals surface area contributed by atoms with E-state index in [1.54, 1.807) is 5.57 Å². The lowest BCUT2D eigenvalue weighted by Gasteiger charge is -2.58. The third-order valence-electron chi connectivity index (χ3n) is 8.51. The fourth-order valence-electron chi connectivity index (χ4n) is 7.32. The quantitative estimate of drug-likeness (QED) is 0.555. The lowest BCUT2D eigenvalue weighted by Crippen LogP contribution is -2.50. The topological polar surface area (TPSA) is 17.1 Å². The molecule has 4 aliphatic rings. The molecular weight excluding hydrogens is 280 g/mol. The monoisotopic (exact) mass is 312 g/mol.